The lowest BCUT2D eigenvalue weighted by atomic mass is 9.77. The van der Waals surface area contributed by atoms with Gasteiger partial charge in [0.2, 0.25) is 0 Å². The summed E-state index contributed by atoms with van der Waals surface area (Å²) in [5, 5.41) is 18.5. The summed E-state index contributed by atoms with van der Waals surface area (Å²) in [5.41, 5.74) is 0.790. The normalized spacial score (nSPS) is 12.4. The van der Waals surface area contributed by atoms with Crippen molar-refractivity contribution in [3.8, 4) is 0 Å². The molecule has 0 spiro atoms. The van der Waals surface area contributed by atoms with E-state index >= 15 is 0 Å². The third kappa shape index (κ3) is 5.61. The molecule has 1 unspecified atom stereocenters. The molecule has 1 aromatic rings. The zero-order valence-corrected chi connectivity index (χ0v) is 12.3. The quantitative estimate of drug-likeness (QED) is 0.683. The van der Waals surface area contributed by atoms with Gasteiger partial charge in [-0.15, -0.1) is 0 Å². The molecule has 0 aliphatic heterocycles. The molecule has 1 rings (SSSR count). The van der Waals surface area contributed by atoms with Gasteiger partial charge in [-0.25, -0.2) is 4.39 Å². The first kappa shape index (κ1) is 17.1. The number of hydrogen-bond donors (Lipinski definition) is 2. The number of hydrogen-bond acceptors (Lipinski definition) is 3. The van der Waals surface area contributed by atoms with Crippen LogP contribution in [-0.4, -0.2) is 23.8 Å². The Morgan fingerprint density at radius 3 is 2.65 bits per heavy atom. The maximum atomic E-state index is 13.1. The summed E-state index contributed by atoms with van der Waals surface area (Å²) in [5.74, 6) is 0.0455. The van der Waals surface area contributed by atoms with Crippen LogP contribution >= 0.6 is 0 Å². The van der Waals surface area contributed by atoms with Crippen molar-refractivity contribution in [1.82, 2.24) is 0 Å². The van der Waals surface area contributed by atoms with Crippen LogP contribution in [0.25, 0.3) is 0 Å². The van der Waals surface area contributed by atoms with Crippen molar-refractivity contribution in [3.05, 3.63) is 29.6 Å². The molecule has 2 N–H and O–H groups in total. The maximum Gasteiger partial charge on any atom is 0.488 e. The molecule has 20 heavy (non-hydrogen) atoms. The van der Waals surface area contributed by atoms with E-state index in [9.17, 15) is 14.4 Å². The van der Waals surface area contributed by atoms with Crippen LogP contribution in [0.4, 0.5) is 4.39 Å². The molecular formula is C15H24BFO3. The summed E-state index contributed by atoms with van der Waals surface area (Å²) in [7, 11) is -1.67. The molecule has 0 heterocycles. The van der Waals surface area contributed by atoms with Crippen LogP contribution in [-0.2, 0) is 11.3 Å². The zero-order valence-electron chi connectivity index (χ0n) is 12.3. The average Bonchev–Trinajstić information content (AvgIpc) is 2.43. The molecule has 0 radical (unpaired) electrons. The maximum absolute atomic E-state index is 13.1. The van der Waals surface area contributed by atoms with Gasteiger partial charge in [0.1, 0.15) is 5.82 Å². The fraction of sp³-hybridized carbons (Fsp3) is 0.600. The average molecular weight is 282 g/mol. The van der Waals surface area contributed by atoms with Crippen molar-refractivity contribution in [2.75, 3.05) is 6.61 Å². The topological polar surface area (TPSA) is 49.7 Å². The van der Waals surface area contributed by atoms with Crippen LogP contribution in [0.2, 0.25) is 0 Å². The summed E-state index contributed by atoms with van der Waals surface area (Å²) >= 11 is 0. The van der Waals surface area contributed by atoms with E-state index in [-0.39, 0.29) is 12.1 Å². The van der Waals surface area contributed by atoms with Crippen molar-refractivity contribution in [2.24, 2.45) is 5.92 Å². The Morgan fingerprint density at radius 2 is 2.05 bits per heavy atom. The second kappa shape index (κ2) is 9.11. The highest BCUT2D eigenvalue weighted by molar-refractivity contribution is 6.59. The van der Waals surface area contributed by atoms with Crippen molar-refractivity contribution >= 4 is 12.6 Å². The second-order valence-electron chi connectivity index (χ2n) is 5.15. The van der Waals surface area contributed by atoms with Gasteiger partial charge >= 0.3 is 7.12 Å². The molecule has 0 fully saturated rings. The molecule has 0 aliphatic carbocycles. The van der Waals surface area contributed by atoms with Gasteiger partial charge in [0.05, 0.1) is 6.61 Å². The Bertz CT molecular complexity index is 399. The van der Waals surface area contributed by atoms with E-state index in [2.05, 4.69) is 13.8 Å². The Hall–Kier alpha value is -0.905. The van der Waals surface area contributed by atoms with Gasteiger partial charge in [-0.05, 0) is 35.5 Å². The highest BCUT2D eigenvalue weighted by Gasteiger charge is 2.17. The Balaban J connectivity index is 2.52. The van der Waals surface area contributed by atoms with E-state index in [1.165, 1.54) is 25.0 Å². The van der Waals surface area contributed by atoms with Crippen LogP contribution in [0.5, 0.6) is 0 Å². The molecule has 1 aromatic carbocycles. The van der Waals surface area contributed by atoms with Crippen LogP contribution in [0.3, 0.4) is 0 Å². The van der Waals surface area contributed by atoms with E-state index in [0.717, 1.165) is 18.9 Å². The van der Waals surface area contributed by atoms with Crippen molar-refractivity contribution < 1.29 is 19.2 Å². The van der Waals surface area contributed by atoms with Crippen molar-refractivity contribution in [2.45, 2.75) is 46.1 Å². The molecule has 0 aliphatic rings. The SMILES string of the molecule is CCCCC(CC)COCc1ccc(F)cc1B(O)O. The third-order valence-electron chi connectivity index (χ3n) is 3.54. The summed E-state index contributed by atoms with van der Waals surface area (Å²) in [6, 6.07) is 3.98. The van der Waals surface area contributed by atoms with Crippen LogP contribution in [0.1, 0.15) is 45.1 Å². The van der Waals surface area contributed by atoms with Crippen molar-refractivity contribution in [1.29, 1.82) is 0 Å². The molecule has 1 atom stereocenters. The summed E-state index contributed by atoms with van der Waals surface area (Å²) in [6.07, 6.45) is 4.58. The fourth-order valence-electron chi connectivity index (χ4n) is 2.17. The molecule has 5 heteroatoms. The molecule has 112 valence electrons. The molecular weight excluding hydrogens is 258 g/mol. The highest BCUT2D eigenvalue weighted by Crippen LogP contribution is 2.14. The first-order valence-electron chi connectivity index (χ1n) is 7.30. The minimum atomic E-state index is -1.67. The third-order valence-corrected chi connectivity index (χ3v) is 3.54. The standard InChI is InChI=1S/C15H24BFO3/c1-3-5-6-12(4-2)10-20-11-13-7-8-14(17)9-15(13)16(18)19/h7-9,12,18-19H,3-6,10-11H2,1-2H3. The zero-order chi connectivity index (χ0) is 15.0. The Morgan fingerprint density at radius 1 is 1.30 bits per heavy atom. The number of unbranched alkanes of at least 4 members (excludes halogenated alkanes) is 1. The van der Waals surface area contributed by atoms with Crippen molar-refractivity contribution in [3.63, 3.8) is 0 Å². The smallest absolute Gasteiger partial charge is 0.423 e. The summed E-state index contributed by atoms with van der Waals surface area (Å²) < 4.78 is 18.7. The number of halogens is 1. The molecule has 0 amide bonds. The largest absolute Gasteiger partial charge is 0.488 e. The molecule has 0 saturated carbocycles. The predicted molar refractivity (Wildman–Crippen MR) is 79.2 cm³/mol. The first-order chi connectivity index (χ1) is 9.58. The Labute approximate surface area is 120 Å². The van der Waals surface area contributed by atoms with Gasteiger partial charge in [0.25, 0.3) is 0 Å². The highest BCUT2D eigenvalue weighted by atomic mass is 19.1. The predicted octanol–water partition coefficient (Wildman–Crippen LogP) is 2.24. The summed E-state index contributed by atoms with van der Waals surface area (Å²) in [4.78, 5) is 0. The summed E-state index contributed by atoms with van der Waals surface area (Å²) in [6.45, 7) is 5.23. The lowest BCUT2D eigenvalue weighted by molar-refractivity contribution is 0.0823. The Kier molecular flexibility index (Phi) is 7.81. The van der Waals surface area contributed by atoms with Gasteiger partial charge < -0.3 is 14.8 Å². The minimum absolute atomic E-state index is 0.173. The van der Waals surface area contributed by atoms with Gasteiger partial charge in [-0.2, -0.15) is 0 Å². The second-order valence-corrected chi connectivity index (χ2v) is 5.15. The molecule has 0 aromatic heterocycles. The fourth-order valence-corrected chi connectivity index (χ4v) is 2.17. The lowest BCUT2D eigenvalue weighted by Crippen LogP contribution is -2.33. The number of ether oxygens (including phenoxy) is 1. The van der Waals surface area contributed by atoms with E-state index in [4.69, 9.17) is 4.74 Å². The van der Waals surface area contributed by atoms with Gasteiger partial charge in [-0.3, -0.25) is 0 Å². The van der Waals surface area contributed by atoms with Gasteiger partial charge in [-0.1, -0.05) is 39.2 Å². The van der Waals surface area contributed by atoms with Crippen LogP contribution in [0.15, 0.2) is 18.2 Å². The lowest BCUT2D eigenvalue weighted by Gasteiger charge is -2.16. The van der Waals surface area contributed by atoms with Gasteiger partial charge in [0.15, 0.2) is 0 Å². The van der Waals surface area contributed by atoms with Crippen LogP contribution < -0.4 is 5.46 Å². The molecule has 3 nitrogen and oxygen atoms in total. The molecule has 0 bridgehead atoms. The first-order valence-corrected chi connectivity index (χ1v) is 7.30. The van der Waals surface area contributed by atoms with Gasteiger partial charge in [0, 0.05) is 6.61 Å². The number of benzene rings is 1. The molecule has 0 saturated heterocycles. The number of rotatable bonds is 9. The van der Waals surface area contributed by atoms with E-state index < -0.39 is 12.9 Å². The van der Waals surface area contributed by atoms with Crippen LogP contribution in [0, 0.1) is 11.7 Å². The minimum Gasteiger partial charge on any atom is -0.423 e. The van der Waals surface area contributed by atoms with E-state index in [1.54, 1.807) is 0 Å². The monoisotopic (exact) mass is 282 g/mol. The van der Waals surface area contributed by atoms with E-state index in [0.29, 0.717) is 18.1 Å². The van der Waals surface area contributed by atoms with E-state index in [1.807, 2.05) is 0 Å².